The Morgan fingerprint density at radius 3 is 2.93 bits per heavy atom. The third-order valence-corrected chi connectivity index (χ3v) is 6.61. The fraction of sp³-hybridized carbons (Fsp3) is 0.476. The molecule has 27 heavy (non-hydrogen) atoms. The number of halogens is 2. The fourth-order valence-corrected chi connectivity index (χ4v) is 4.76. The topological polar surface area (TPSA) is 47.3 Å². The molecule has 1 N–H and O–H groups in total. The summed E-state index contributed by atoms with van der Waals surface area (Å²) in [5.41, 5.74) is 4.35. The van der Waals surface area contributed by atoms with Gasteiger partial charge in [-0.15, -0.1) is 0 Å². The second kappa shape index (κ2) is 7.64. The summed E-state index contributed by atoms with van der Waals surface area (Å²) >= 11 is 2.32. The number of fused-ring (bicyclic) bond motifs is 2. The van der Waals surface area contributed by atoms with Gasteiger partial charge in [0.05, 0.1) is 23.7 Å². The number of benzene rings is 1. The van der Waals surface area contributed by atoms with E-state index < -0.39 is 6.29 Å². The first-order valence-electron chi connectivity index (χ1n) is 9.44. The third-order valence-electron chi connectivity index (χ3n) is 5.85. The van der Waals surface area contributed by atoms with Crippen LogP contribution in [0.25, 0.3) is 11.8 Å². The van der Waals surface area contributed by atoms with Crippen LogP contribution in [-0.2, 0) is 11.2 Å². The van der Waals surface area contributed by atoms with Crippen molar-refractivity contribution in [3.05, 3.63) is 53.1 Å². The van der Waals surface area contributed by atoms with Gasteiger partial charge in [0.15, 0.2) is 6.29 Å². The first kappa shape index (κ1) is 19.1. The Labute approximate surface area is 172 Å². The van der Waals surface area contributed by atoms with E-state index in [-0.39, 0.29) is 17.3 Å². The Morgan fingerprint density at radius 1 is 1.41 bits per heavy atom. The number of aliphatic hydroxyl groups is 1. The maximum atomic E-state index is 13.2. The Kier molecular flexibility index (Phi) is 5.40. The highest BCUT2D eigenvalue weighted by Gasteiger charge is 2.47. The molecule has 0 bridgehead atoms. The van der Waals surface area contributed by atoms with Crippen LogP contribution in [-0.4, -0.2) is 31.7 Å². The first-order chi connectivity index (χ1) is 13.0. The minimum absolute atomic E-state index is 0.0234. The van der Waals surface area contributed by atoms with E-state index in [1.165, 1.54) is 23.3 Å². The maximum Gasteiger partial charge on any atom is 0.154 e. The number of aromatic nitrogens is 2. The predicted octanol–water partition coefficient (Wildman–Crippen LogP) is 4.67. The van der Waals surface area contributed by atoms with Crippen LogP contribution in [0.3, 0.4) is 0 Å². The molecule has 4 nitrogen and oxygen atoms in total. The zero-order valence-corrected chi connectivity index (χ0v) is 17.5. The molecule has 1 heterocycles. The number of ether oxygens (including phenoxy) is 1. The molecule has 1 fully saturated rings. The number of nitrogens with zero attached hydrogens (tertiary/aromatic N) is 2. The highest BCUT2D eigenvalue weighted by Crippen LogP contribution is 2.51. The monoisotopic (exact) mass is 482 g/mol. The third kappa shape index (κ3) is 3.59. The van der Waals surface area contributed by atoms with Crippen molar-refractivity contribution < 1.29 is 14.2 Å². The van der Waals surface area contributed by atoms with E-state index in [0.717, 1.165) is 41.5 Å². The lowest BCUT2D eigenvalue weighted by Gasteiger charge is -2.36. The van der Waals surface area contributed by atoms with Crippen LogP contribution in [0, 0.1) is 11.2 Å². The van der Waals surface area contributed by atoms with E-state index in [0.29, 0.717) is 6.42 Å². The summed E-state index contributed by atoms with van der Waals surface area (Å²) in [7, 11) is 0. The predicted molar refractivity (Wildman–Crippen MR) is 112 cm³/mol. The summed E-state index contributed by atoms with van der Waals surface area (Å²) in [6, 6.07) is 6.41. The molecule has 4 rings (SSSR count). The molecule has 0 aliphatic heterocycles. The van der Waals surface area contributed by atoms with Crippen molar-refractivity contribution in [3.63, 3.8) is 0 Å². The van der Waals surface area contributed by atoms with Crippen molar-refractivity contribution >= 4 is 28.7 Å². The fourth-order valence-electron chi connectivity index (χ4n) is 4.32. The van der Waals surface area contributed by atoms with Crippen molar-refractivity contribution in [2.45, 2.75) is 51.4 Å². The standard InChI is InChI=1S/C21H24FIN2O2/c1-21-12-14-13-24-25(17-7-5-16(22)6-8-17)18(14)11-15(21)4-9-19(21)27-20(26)3-2-10-23/h5-8,11,13,19-20,26H,2-4,9-10,12H2,1H3/t19-,20?,21-/m0/s1. The minimum Gasteiger partial charge on any atom is -0.368 e. The number of hydrogen-bond donors (Lipinski definition) is 1. The van der Waals surface area contributed by atoms with Crippen LogP contribution in [0.5, 0.6) is 0 Å². The van der Waals surface area contributed by atoms with E-state index >= 15 is 0 Å². The Morgan fingerprint density at radius 2 is 2.19 bits per heavy atom. The van der Waals surface area contributed by atoms with Gasteiger partial charge in [-0.1, -0.05) is 35.1 Å². The van der Waals surface area contributed by atoms with Crippen LogP contribution < -0.4 is 0 Å². The Balaban J connectivity index is 1.59. The van der Waals surface area contributed by atoms with Gasteiger partial charge >= 0.3 is 0 Å². The maximum absolute atomic E-state index is 13.2. The summed E-state index contributed by atoms with van der Waals surface area (Å²) in [5.74, 6) is -0.248. The van der Waals surface area contributed by atoms with Crippen LogP contribution in [0.2, 0.25) is 0 Å². The number of alkyl halides is 1. The van der Waals surface area contributed by atoms with E-state index in [1.807, 2.05) is 10.9 Å². The Bertz CT molecular complexity index is 848. The summed E-state index contributed by atoms with van der Waals surface area (Å²) in [6.07, 6.45) is 7.84. The smallest absolute Gasteiger partial charge is 0.154 e. The first-order valence-corrected chi connectivity index (χ1v) is 11.0. The van der Waals surface area contributed by atoms with Gasteiger partial charge in [-0.05, 0) is 72.4 Å². The average Bonchev–Trinajstić information content (AvgIpc) is 3.19. The Hall–Kier alpha value is -1.25. The summed E-state index contributed by atoms with van der Waals surface area (Å²) < 4.78 is 22.2. The van der Waals surface area contributed by atoms with E-state index in [2.05, 4.69) is 40.7 Å². The molecule has 1 aromatic heterocycles. The molecule has 2 aliphatic rings. The van der Waals surface area contributed by atoms with Crippen molar-refractivity contribution in [3.8, 4) is 5.69 Å². The molecule has 1 aromatic carbocycles. The van der Waals surface area contributed by atoms with E-state index in [1.54, 1.807) is 12.1 Å². The van der Waals surface area contributed by atoms with Crippen molar-refractivity contribution in [1.29, 1.82) is 0 Å². The quantitative estimate of drug-likeness (QED) is 0.370. The SMILES string of the molecule is C[C@]12Cc3cnn(-c4ccc(F)cc4)c3C=C1CC[C@@H]2OC(O)CCCI. The minimum atomic E-state index is -0.690. The van der Waals surface area contributed by atoms with Gasteiger partial charge in [0.2, 0.25) is 0 Å². The molecule has 0 radical (unpaired) electrons. The molecule has 0 spiro atoms. The molecular formula is C21H24FIN2O2. The molecule has 6 heteroatoms. The number of aliphatic hydroxyl groups excluding tert-OH is 1. The average molecular weight is 482 g/mol. The normalized spacial score (nSPS) is 25.0. The molecule has 0 saturated heterocycles. The lowest BCUT2D eigenvalue weighted by molar-refractivity contribution is -0.159. The van der Waals surface area contributed by atoms with Crippen molar-refractivity contribution in [2.24, 2.45) is 5.41 Å². The molecule has 1 unspecified atom stereocenters. The zero-order chi connectivity index (χ0) is 19.0. The molecule has 3 atom stereocenters. The molecule has 2 aliphatic carbocycles. The zero-order valence-electron chi connectivity index (χ0n) is 15.4. The van der Waals surface area contributed by atoms with Gasteiger partial charge < -0.3 is 9.84 Å². The van der Waals surface area contributed by atoms with Crippen molar-refractivity contribution in [1.82, 2.24) is 9.78 Å². The lowest BCUT2D eigenvalue weighted by Crippen LogP contribution is -2.37. The molecule has 144 valence electrons. The lowest BCUT2D eigenvalue weighted by atomic mass is 9.74. The molecule has 2 aromatic rings. The van der Waals surface area contributed by atoms with Crippen LogP contribution in [0.15, 0.2) is 36.0 Å². The highest BCUT2D eigenvalue weighted by molar-refractivity contribution is 14.1. The van der Waals surface area contributed by atoms with Crippen molar-refractivity contribution in [2.75, 3.05) is 4.43 Å². The number of rotatable bonds is 6. The highest BCUT2D eigenvalue weighted by atomic mass is 127. The summed E-state index contributed by atoms with van der Waals surface area (Å²) in [5, 5.41) is 14.8. The summed E-state index contributed by atoms with van der Waals surface area (Å²) in [6.45, 7) is 2.24. The van der Waals surface area contributed by atoms with Gasteiger partial charge in [0.25, 0.3) is 0 Å². The van der Waals surface area contributed by atoms with Gasteiger partial charge in [-0.3, -0.25) is 0 Å². The van der Waals surface area contributed by atoms with E-state index in [4.69, 9.17) is 4.74 Å². The van der Waals surface area contributed by atoms with Gasteiger partial charge in [-0.25, -0.2) is 9.07 Å². The largest absolute Gasteiger partial charge is 0.368 e. The molecule has 1 saturated carbocycles. The summed E-state index contributed by atoms with van der Waals surface area (Å²) in [4.78, 5) is 0. The van der Waals surface area contributed by atoms with Crippen LogP contribution >= 0.6 is 22.6 Å². The van der Waals surface area contributed by atoms with Gasteiger partial charge in [0.1, 0.15) is 5.82 Å². The van der Waals surface area contributed by atoms with Gasteiger partial charge in [0, 0.05) is 5.41 Å². The van der Waals surface area contributed by atoms with Gasteiger partial charge in [-0.2, -0.15) is 5.10 Å². The second-order valence-corrected chi connectivity index (χ2v) is 8.74. The molecular weight excluding hydrogens is 458 g/mol. The van der Waals surface area contributed by atoms with Crippen LogP contribution in [0.4, 0.5) is 4.39 Å². The second-order valence-electron chi connectivity index (χ2n) is 7.66. The van der Waals surface area contributed by atoms with E-state index in [9.17, 15) is 9.50 Å². The van der Waals surface area contributed by atoms with Crippen LogP contribution in [0.1, 0.15) is 43.9 Å². The molecule has 0 amide bonds. The number of hydrogen-bond acceptors (Lipinski definition) is 3.